The number of rotatable bonds is 7. The SMILES string of the molecule is CSCCCNC(c1ccccc1)C1CC1. The Bertz CT molecular complexity index is 295. The van der Waals surface area contributed by atoms with Crippen molar-refractivity contribution in [3.63, 3.8) is 0 Å². The molecule has 1 N–H and O–H groups in total. The van der Waals surface area contributed by atoms with Crippen molar-refractivity contribution in [2.45, 2.75) is 25.3 Å². The van der Waals surface area contributed by atoms with Crippen molar-refractivity contribution in [3.05, 3.63) is 35.9 Å². The molecule has 1 aliphatic rings. The van der Waals surface area contributed by atoms with Crippen molar-refractivity contribution < 1.29 is 0 Å². The highest BCUT2D eigenvalue weighted by atomic mass is 32.2. The number of thioether (sulfide) groups is 1. The van der Waals surface area contributed by atoms with E-state index in [2.05, 4.69) is 41.9 Å². The predicted molar refractivity (Wildman–Crippen MR) is 72.9 cm³/mol. The molecule has 2 heteroatoms. The third-order valence-electron chi connectivity index (χ3n) is 3.14. The maximum absolute atomic E-state index is 3.72. The van der Waals surface area contributed by atoms with E-state index in [1.165, 1.54) is 30.6 Å². The van der Waals surface area contributed by atoms with Gasteiger partial charge in [0.15, 0.2) is 0 Å². The highest BCUT2D eigenvalue weighted by Gasteiger charge is 2.31. The van der Waals surface area contributed by atoms with Crippen LogP contribution in [-0.2, 0) is 0 Å². The molecule has 88 valence electrons. The van der Waals surface area contributed by atoms with Gasteiger partial charge in [0.05, 0.1) is 0 Å². The molecule has 0 saturated heterocycles. The third-order valence-corrected chi connectivity index (χ3v) is 3.84. The average Bonchev–Trinajstić information content (AvgIpc) is 3.15. The molecule has 1 nitrogen and oxygen atoms in total. The van der Waals surface area contributed by atoms with Crippen molar-refractivity contribution in [2.24, 2.45) is 5.92 Å². The molecule has 1 unspecified atom stereocenters. The fraction of sp³-hybridized carbons (Fsp3) is 0.571. The lowest BCUT2D eigenvalue weighted by Gasteiger charge is -2.18. The quantitative estimate of drug-likeness (QED) is 0.726. The van der Waals surface area contributed by atoms with E-state index in [1.54, 1.807) is 0 Å². The molecular weight excluding hydrogens is 214 g/mol. The molecule has 1 aliphatic carbocycles. The second-order valence-corrected chi connectivity index (χ2v) is 5.51. The summed E-state index contributed by atoms with van der Waals surface area (Å²) in [5.74, 6) is 2.15. The van der Waals surface area contributed by atoms with E-state index in [-0.39, 0.29) is 0 Å². The summed E-state index contributed by atoms with van der Waals surface area (Å²) in [7, 11) is 0. The van der Waals surface area contributed by atoms with Gasteiger partial charge in [-0.15, -0.1) is 0 Å². The summed E-state index contributed by atoms with van der Waals surface area (Å²) in [6.45, 7) is 1.15. The van der Waals surface area contributed by atoms with Crippen LogP contribution >= 0.6 is 11.8 Å². The number of nitrogens with one attached hydrogen (secondary N) is 1. The number of benzene rings is 1. The lowest BCUT2D eigenvalue weighted by atomic mass is 10.0. The van der Waals surface area contributed by atoms with Crippen LogP contribution in [0.4, 0.5) is 0 Å². The van der Waals surface area contributed by atoms with E-state index in [0.29, 0.717) is 6.04 Å². The second kappa shape index (κ2) is 6.31. The Morgan fingerprint density at radius 2 is 2.06 bits per heavy atom. The van der Waals surface area contributed by atoms with Gasteiger partial charge in [-0.3, -0.25) is 0 Å². The summed E-state index contributed by atoms with van der Waals surface area (Å²) < 4.78 is 0. The molecule has 1 atom stereocenters. The van der Waals surface area contributed by atoms with Gasteiger partial charge in [-0.2, -0.15) is 11.8 Å². The normalized spacial score (nSPS) is 17.3. The first-order valence-electron chi connectivity index (χ1n) is 6.19. The zero-order valence-corrected chi connectivity index (χ0v) is 10.8. The maximum atomic E-state index is 3.72. The minimum Gasteiger partial charge on any atom is -0.310 e. The molecule has 0 heterocycles. The van der Waals surface area contributed by atoms with Crippen LogP contribution in [0, 0.1) is 5.92 Å². The molecule has 0 amide bonds. The van der Waals surface area contributed by atoms with Crippen molar-refractivity contribution in [2.75, 3.05) is 18.6 Å². The van der Waals surface area contributed by atoms with Crippen LogP contribution in [0.1, 0.15) is 30.9 Å². The zero-order chi connectivity index (χ0) is 11.2. The average molecular weight is 235 g/mol. The van der Waals surface area contributed by atoms with Crippen LogP contribution in [0.5, 0.6) is 0 Å². The van der Waals surface area contributed by atoms with Gasteiger partial charge in [-0.05, 0) is 49.3 Å². The van der Waals surface area contributed by atoms with Gasteiger partial charge in [-0.25, -0.2) is 0 Å². The fourth-order valence-corrected chi connectivity index (χ4v) is 2.55. The first kappa shape index (κ1) is 12.0. The zero-order valence-electron chi connectivity index (χ0n) is 9.99. The molecule has 1 aromatic carbocycles. The van der Waals surface area contributed by atoms with Gasteiger partial charge in [0.1, 0.15) is 0 Å². The highest BCUT2D eigenvalue weighted by molar-refractivity contribution is 7.98. The van der Waals surface area contributed by atoms with Gasteiger partial charge in [0.25, 0.3) is 0 Å². The lowest BCUT2D eigenvalue weighted by Crippen LogP contribution is -2.24. The molecule has 1 fully saturated rings. The van der Waals surface area contributed by atoms with Crippen molar-refractivity contribution >= 4 is 11.8 Å². The summed E-state index contributed by atoms with van der Waals surface area (Å²) in [5.41, 5.74) is 1.47. The van der Waals surface area contributed by atoms with E-state index in [9.17, 15) is 0 Å². The monoisotopic (exact) mass is 235 g/mol. The maximum Gasteiger partial charge on any atom is 0.0348 e. The van der Waals surface area contributed by atoms with Crippen molar-refractivity contribution in [1.82, 2.24) is 5.32 Å². The molecule has 1 saturated carbocycles. The minimum absolute atomic E-state index is 0.600. The Kier molecular flexibility index (Phi) is 4.73. The molecule has 16 heavy (non-hydrogen) atoms. The van der Waals surface area contributed by atoms with Gasteiger partial charge in [0, 0.05) is 6.04 Å². The highest BCUT2D eigenvalue weighted by Crippen LogP contribution is 2.40. The topological polar surface area (TPSA) is 12.0 Å². The number of hydrogen-bond acceptors (Lipinski definition) is 2. The molecule has 1 aromatic rings. The standard InChI is InChI=1S/C14H21NS/c1-16-11-5-10-15-14(13-8-9-13)12-6-3-2-4-7-12/h2-4,6-7,13-15H,5,8-11H2,1H3. The van der Waals surface area contributed by atoms with Crippen LogP contribution in [0.15, 0.2) is 30.3 Å². The summed E-state index contributed by atoms with van der Waals surface area (Å²) in [6, 6.07) is 11.5. The van der Waals surface area contributed by atoms with Crippen LogP contribution in [0.2, 0.25) is 0 Å². The van der Waals surface area contributed by atoms with E-state index in [0.717, 1.165) is 12.5 Å². The van der Waals surface area contributed by atoms with Crippen molar-refractivity contribution in [3.8, 4) is 0 Å². The Morgan fingerprint density at radius 3 is 2.69 bits per heavy atom. The Labute approximate surface area is 103 Å². The predicted octanol–water partition coefficient (Wildman–Crippen LogP) is 3.48. The van der Waals surface area contributed by atoms with E-state index in [1.807, 2.05) is 11.8 Å². The van der Waals surface area contributed by atoms with Gasteiger partial charge in [0.2, 0.25) is 0 Å². The fourth-order valence-electron chi connectivity index (χ4n) is 2.12. The molecule has 0 radical (unpaired) electrons. The molecule has 0 aromatic heterocycles. The summed E-state index contributed by atoms with van der Waals surface area (Å²) in [6.07, 6.45) is 6.25. The largest absolute Gasteiger partial charge is 0.310 e. The van der Waals surface area contributed by atoms with E-state index < -0.39 is 0 Å². The second-order valence-electron chi connectivity index (χ2n) is 4.53. The van der Waals surface area contributed by atoms with E-state index in [4.69, 9.17) is 0 Å². The Balaban J connectivity index is 1.86. The summed E-state index contributed by atoms with van der Waals surface area (Å²) in [5, 5.41) is 3.72. The first-order chi connectivity index (χ1) is 7.92. The molecule has 0 aliphatic heterocycles. The summed E-state index contributed by atoms with van der Waals surface area (Å²) >= 11 is 1.93. The third kappa shape index (κ3) is 3.53. The molecule has 0 bridgehead atoms. The lowest BCUT2D eigenvalue weighted by molar-refractivity contribution is 0.482. The minimum atomic E-state index is 0.600. The van der Waals surface area contributed by atoms with E-state index >= 15 is 0 Å². The van der Waals surface area contributed by atoms with Crippen LogP contribution in [0.3, 0.4) is 0 Å². The Hall–Kier alpha value is -0.470. The molecule has 2 rings (SSSR count). The van der Waals surface area contributed by atoms with Crippen molar-refractivity contribution in [1.29, 1.82) is 0 Å². The molecular formula is C14H21NS. The smallest absolute Gasteiger partial charge is 0.0348 e. The van der Waals surface area contributed by atoms with Crippen LogP contribution < -0.4 is 5.32 Å². The van der Waals surface area contributed by atoms with Gasteiger partial charge < -0.3 is 5.32 Å². The number of hydrogen-bond donors (Lipinski definition) is 1. The van der Waals surface area contributed by atoms with Gasteiger partial charge >= 0.3 is 0 Å². The van der Waals surface area contributed by atoms with Crippen LogP contribution in [-0.4, -0.2) is 18.6 Å². The Morgan fingerprint density at radius 1 is 1.31 bits per heavy atom. The first-order valence-corrected chi connectivity index (χ1v) is 7.58. The van der Waals surface area contributed by atoms with Gasteiger partial charge in [-0.1, -0.05) is 30.3 Å². The molecule has 0 spiro atoms. The summed E-state index contributed by atoms with van der Waals surface area (Å²) in [4.78, 5) is 0. The van der Waals surface area contributed by atoms with Crippen LogP contribution in [0.25, 0.3) is 0 Å².